The van der Waals surface area contributed by atoms with Crippen molar-refractivity contribution in [2.24, 2.45) is 35.2 Å². The second-order valence-electron chi connectivity index (χ2n) is 39.3. The highest BCUT2D eigenvalue weighted by atomic mass is 32.2. The van der Waals surface area contributed by atoms with Crippen molar-refractivity contribution in [2.45, 2.75) is 171 Å². The number of carbonyl (C=O) groups is 6. The fraction of sp³-hybridized carbons (Fsp3) is 0.357. The number of fused-ring (bicyclic) bond motifs is 10. The van der Waals surface area contributed by atoms with E-state index in [4.69, 9.17) is 35.5 Å². The van der Waals surface area contributed by atoms with Crippen LogP contribution in [0.4, 0.5) is 0 Å². The van der Waals surface area contributed by atoms with E-state index >= 15 is 0 Å². The van der Waals surface area contributed by atoms with Crippen LogP contribution in [-0.2, 0) is 140 Å². The molecule has 7 aliphatic rings. The molecule has 6 amide bonds. The normalized spacial score (nSPS) is 16.1. The second-order valence-corrected chi connectivity index (χ2v) is 43.5. The highest BCUT2D eigenvalue weighted by molar-refractivity contribution is 7.85. The molecule has 0 radical (unpaired) electrons. The molecule has 25 rings (SSSR count). The Bertz CT molecular complexity index is 8180. The number of para-hydroxylation sites is 2. The molecule has 0 bridgehead atoms. The van der Waals surface area contributed by atoms with Gasteiger partial charge in [0.15, 0.2) is 0 Å². The Kier molecular flexibility index (Phi) is 27.5. The van der Waals surface area contributed by atoms with Gasteiger partial charge in [0.05, 0.1) is 77.9 Å². The number of likely N-dealkylation sites (tertiary alicyclic amines) is 1. The van der Waals surface area contributed by atoms with Crippen molar-refractivity contribution in [2.75, 3.05) is 57.3 Å². The average Bonchev–Trinajstić information content (AvgIpc) is 1.60. The number of hydrogen-bond acceptors (Lipinski definition) is 19. The van der Waals surface area contributed by atoms with Gasteiger partial charge in [0.2, 0.25) is 35.4 Å². The maximum atomic E-state index is 12.7. The molecular weight excluding hydrogens is 1900 g/mol. The summed E-state index contributed by atoms with van der Waals surface area (Å²) in [7, 11) is 9.23. The predicted molar refractivity (Wildman–Crippen MR) is 576 cm³/mol. The quantitative estimate of drug-likeness (QED) is 0.115. The molecule has 18 aromatic rings. The Morgan fingerprint density at radius 3 is 1.27 bits per heavy atom. The van der Waals surface area contributed by atoms with Crippen LogP contribution in [0.1, 0.15) is 158 Å². The van der Waals surface area contributed by atoms with Crippen molar-refractivity contribution in [1.29, 1.82) is 0 Å². The van der Waals surface area contributed by atoms with Crippen LogP contribution in [0.25, 0.3) is 143 Å². The first-order valence-corrected chi connectivity index (χ1v) is 53.9. The van der Waals surface area contributed by atoms with Crippen LogP contribution in [0, 0.1) is 13.8 Å². The lowest BCUT2D eigenvalue weighted by atomic mass is 9.96. The summed E-state index contributed by atoms with van der Waals surface area (Å²) in [5, 5.41) is 38.9. The summed E-state index contributed by atoms with van der Waals surface area (Å²) in [6.07, 6.45) is 26.4. The first kappa shape index (κ1) is 98.1. The third-order valence-corrected chi connectivity index (χ3v) is 33.5. The van der Waals surface area contributed by atoms with E-state index in [-0.39, 0.29) is 47.5 Å². The van der Waals surface area contributed by atoms with Crippen molar-refractivity contribution in [1.82, 2.24) is 123 Å². The number of pyridine rings is 2. The van der Waals surface area contributed by atoms with Gasteiger partial charge in [-0.15, -0.1) is 22.7 Å². The first-order chi connectivity index (χ1) is 71.1. The van der Waals surface area contributed by atoms with Gasteiger partial charge in [0.25, 0.3) is 0 Å². The molecule has 2 N–H and O–H groups in total. The van der Waals surface area contributed by atoms with Crippen LogP contribution in [0.5, 0.6) is 0 Å². The summed E-state index contributed by atoms with van der Waals surface area (Å²) < 4.78 is 26.3. The summed E-state index contributed by atoms with van der Waals surface area (Å²) in [6.45, 7) is 22.7. The molecule has 2 fully saturated rings. The van der Waals surface area contributed by atoms with Crippen LogP contribution >= 0.6 is 22.7 Å². The number of hydrogen-bond donors (Lipinski definition) is 2. The molecule has 20 heterocycles. The van der Waals surface area contributed by atoms with E-state index < -0.39 is 10.8 Å². The number of aromatic nitrogens is 19. The summed E-state index contributed by atoms with van der Waals surface area (Å²) in [5.74, 6) is 2.31. The molecule has 35 heteroatoms. The number of carbonyl (C=O) groups excluding carboxylic acids is 6. The third-order valence-electron chi connectivity index (χ3n) is 30.3. The minimum atomic E-state index is -0.720. The molecule has 32 nitrogen and oxygen atoms in total. The van der Waals surface area contributed by atoms with Gasteiger partial charge in [-0.05, 0) is 86.2 Å². The van der Waals surface area contributed by atoms with E-state index in [2.05, 4.69) is 155 Å². The number of thiazole rings is 2. The molecule has 0 aliphatic carbocycles. The molecular formula is C112H121N25O7S3. The number of nitrogens with zero attached hydrogens (tertiary/aromatic N) is 23. The Morgan fingerprint density at radius 2 is 0.810 bits per heavy atom. The number of benzene rings is 5. The Labute approximate surface area is 862 Å². The molecule has 0 atom stereocenters. The van der Waals surface area contributed by atoms with Gasteiger partial charge in [-0.25, -0.2) is 9.97 Å². The van der Waals surface area contributed by atoms with Crippen molar-refractivity contribution in [3.05, 3.63) is 237 Å². The number of H-pyrrole nitrogens is 2. The summed E-state index contributed by atoms with van der Waals surface area (Å²) in [4.78, 5) is 111. The summed E-state index contributed by atoms with van der Waals surface area (Å²) in [6, 6.07) is 40.4. The smallest absolute Gasteiger partial charge is 0.222 e. The first-order valence-electron chi connectivity index (χ1n) is 50.8. The number of aryl methyl sites for hydroxylation is 7. The van der Waals surface area contributed by atoms with E-state index in [0.29, 0.717) is 52.1 Å². The molecule has 754 valence electrons. The zero-order chi connectivity index (χ0) is 102. The van der Waals surface area contributed by atoms with Crippen molar-refractivity contribution >= 4 is 123 Å². The minimum absolute atomic E-state index is 0.112. The number of piperidine rings is 1. The van der Waals surface area contributed by atoms with Crippen molar-refractivity contribution in [3.63, 3.8) is 0 Å². The molecule has 0 unspecified atom stereocenters. The second kappa shape index (κ2) is 41.1. The van der Waals surface area contributed by atoms with Crippen LogP contribution in [0.3, 0.4) is 0 Å². The lowest BCUT2D eigenvalue weighted by Gasteiger charge is -2.33. The van der Waals surface area contributed by atoms with Gasteiger partial charge in [-0.1, -0.05) is 98.8 Å². The average molecular weight is 2030 g/mol. The highest BCUT2D eigenvalue weighted by Crippen LogP contribution is 2.45. The van der Waals surface area contributed by atoms with Gasteiger partial charge >= 0.3 is 0 Å². The third kappa shape index (κ3) is 19.3. The number of rotatable bonds is 12. The lowest BCUT2D eigenvalue weighted by molar-refractivity contribution is -0.132. The number of nitrogens with one attached hydrogen (secondary N) is 2. The lowest BCUT2D eigenvalue weighted by Crippen LogP contribution is -2.39. The number of aromatic amines is 2. The Hall–Kier alpha value is -15.0. The SMILES string of the molecule is CC(=O)N1CCc2c(c(-c3c[nH]c4cc(-c5cnn(C)c5)ccc34)nn2C)C1.CC(=O)N1CCc2c(c(-c3c[nH]c4ccccc34)nn2C)C1.CC(=O)N1CCc2c(c(-c3cn(C)c4ccccc34)nn2C)C1.CCC(=O)N1CCc2c(c(-c3cccc4cc(-c5cnc(C)s5)ncc34)nn2C2CCN(C(C)=O)CC2)C1.CCC(=O)N1CCc2c(c(-c3cccc4cc(-c5cnc(C)s5)ncc34)nn2C2CCS(=O)CC2)C1. The van der Waals surface area contributed by atoms with Gasteiger partial charge in [0.1, 0.15) is 0 Å². The molecule has 2 saturated heterocycles. The largest absolute Gasteiger partial charge is 0.360 e. The van der Waals surface area contributed by atoms with Crippen LogP contribution in [0.15, 0.2) is 171 Å². The Morgan fingerprint density at radius 1 is 0.388 bits per heavy atom. The number of amides is 6. The van der Waals surface area contributed by atoms with Crippen molar-refractivity contribution in [3.8, 4) is 88.6 Å². The van der Waals surface area contributed by atoms with E-state index in [1.54, 1.807) is 55.1 Å². The summed E-state index contributed by atoms with van der Waals surface area (Å²) >= 11 is 3.29. The van der Waals surface area contributed by atoms with Crippen molar-refractivity contribution < 1.29 is 33.0 Å². The maximum Gasteiger partial charge on any atom is 0.222 e. The van der Waals surface area contributed by atoms with E-state index in [1.807, 2.05) is 161 Å². The fourth-order valence-electron chi connectivity index (χ4n) is 22.3. The molecule has 7 aliphatic heterocycles. The van der Waals surface area contributed by atoms with Gasteiger partial charge in [-0.3, -0.25) is 71.0 Å². The van der Waals surface area contributed by atoms with Gasteiger partial charge in [-0.2, -0.15) is 30.6 Å². The van der Waals surface area contributed by atoms with E-state index in [1.165, 1.54) is 55.9 Å². The minimum Gasteiger partial charge on any atom is -0.360 e. The molecule has 5 aromatic carbocycles. The predicted octanol–water partition coefficient (Wildman–Crippen LogP) is 17.7. The highest BCUT2D eigenvalue weighted by Gasteiger charge is 2.38. The molecule has 0 saturated carbocycles. The maximum absolute atomic E-state index is 12.7. The molecule has 0 spiro atoms. The van der Waals surface area contributed by atoms with Crippen LogP contribution in [0.2, 0.25) is 0 Å². The van der Waals surface area contributed by atoms with Gasteiger partial charge < -0.3 is 43.9 Å². The van der Waals surface area contributed by atoms with Gasteiger partial charge in [0, 0.05) is 391 Å². The van der Waals surface area contributed by atoms with E-state index in [9.17, 15) is 33.0 Å². The topological polar surface area (TPSA) is 334 Å². The van der Waals surface area contributed by atoms with Crippen LogP contribution < -0.4 is 0 Å². The summed E-state index contributed by atoms with van der Waals surface area (Å²) in [5.41, 5.74) is 29.6. The molecule has 147 heavy (non-hydrogen) atoms. The zero-order valence-corrected chi connectivity index (χ0v) is 87.8. The Balaban J connectivity index is 0.000000109. The fourth-order valence-corrected chi connectivity index (χ4v) is 25.1. The monoisotopic (exact) mass is 2020 g/mol. The zero-order valence-electron chi connectivity index (χ0n) is 85.4. The molecule has 13 aromatic heterocycles. The standard InChI is InChI=1S/C29H32N6O2S.C27H29N5O2S2.C21H22N6O.C18H20N4O.C17H18N4O/c1-4-28(37)34-13-10-26-24(17-34)29(32-35(26)21-8-11-33(12-9-21)19(3)36)22-7-5-6-20-14-25(31-15-23(20)22)27-16-30-18(2)38-27;1-3-26(33)31-10-7-24-22(16-31)27(30-32(24)19-8-11-36(34)12-9-19)20-6-4-5-18-13-23(29-14-21(18)20)25-15-28-17(2)35-25;1-13(28)27-7-6-20-18(12-27)21(24-26(20)3)17-10-22-19-8-14(4-5-16(17)19)15-9-23-25(2)11-15;1-12(23)22-9-8-17-15(11-22)18(19-21(17)3)14-10-20(2)16-7-5-4-6-13(14)16;1-11(22)21-8-7-16-14(10-21)17(19-20(16)2)13-9-18-15-6-4-3-5-12(13)15/h5-7,14-16,21H,4,8-13,17H2,1-3H3;4-6,13-15,19H,3,7-12,16H2,1-2H3;4-5,8-11,22H,6-7,12H2,1-3H3;4-7,10H,8-9,11H2,1-3H3;3-6,9,18H,7-8,10H2,1-2H3. The van der Waals surface area contributed by atoms with Crippen LogP contribution in [-0.4, -0.2) is 220 Å². The van der Waals surface area contributed by atoms with E-state index in [0.717, 1.165) is 262 Å².